The van der Waals surface area contributed by atoms with E-state index in [0.29, 0.717) is 6.10 Å². The Morgan fingerprint density at radius 2 is 2.14 bits per heavy atom. The summed E-state index contributed by atoms with van der Waals surface area (Å²) in [5, 5.41) is 1.10. The Morgan fingerprint density at radius 1 is 1.43 bits per heavy atom. The van der Waals surface area contributed by atoms with Gasteiger partial charge in [-0.1, -0.05) is 12.1 Å². The number of benzene rings is 1. The quantitative estimate of drug-likeness (QED) is 0.669. The van der Waals surface area contributed by atoms with Crippen molar-refractivity contribution in [2.75, 3.05) is 0 Å². The highest BCUT2D eigenvalue weighted by Crippen LogP contribution is 2.47. The van der Waals surface area contributed by atoms with Gasteiger partial charge in [-0.2, -0.15) is 0 Å². The summed E-state index contributed by atoms with van der Waals surface area (Å²) in [4.78, 5) is 4.59. The summed E-state index contributed by atoms with van der Waals surface area (Å²) in [6, 6.07) is 8.22. The van der Waals surface area contributed by atoms with Crippen LogP contribution in [-0.4, -0.2) is 11.1 Å². The van der Waals surface area contributed by atoms with Crippen molar-refractivity contribution in [2.45, 2.75) is 25.6 Å². The molecule has 14 heavy (non-hydrogen) atoms. The van der Waals surface area contributed by atoms with E-state index in [2.05, 4.69) is 24.9 Å². The number of nitrogens with zero attached hydrogens (tertiary/aromatic N) is 1. The Morgan fingerprint density at radius 3 is 2.79 bits per heavy atom. The number of thiazole rings is 1. The minimum absolute atomic E-state index is 0.121. The molecular weight excluding hydrogens is 194 g/mol. The highest BCUT2D eigenvalue weighted by atomic mass is 32.1. The van der Waals surface area contributed by atoms with E-state index in [4.69, 9.17) is 4.74 Å². The zero-order valence-corrected chi connectivity index (χ0v) is 8.97. The summed E-state index contributed by atoms with van der Waals surface area (Å²) in [5.41, 5.74) is 0.959. The van der Waals surface area contributed by atoms with Gasteiger partial charge in [0.05, 0.1) is 16.3 Å². The standard InChI is InChI=1S/C11H11NOS/c1-7-11(2,13-7)10-12-8-5-3-4-6-9(8)14-10/h3-7H,1-2H3/t7-,11+/m1/s1. The molecule has 0 saturated carbocycles. The van der Waals surface area contributed by atoms with E-state index in [9.17, 15) is 0 Å². The first-order valence-electron chi connectivity index (χ1n) is 4.74. The van der Waals surface area contributed by atoms with Crippen LogP contribution in [0.3, 0.4) is 0 Å². The molecule has 0 amide bonds. The van der Waals surface area contributed by atoms with E-state index in [1.807, 2.05) is 18.2 Å². The first-order chi connectivity index (χ1) is 6.70. The number of para-hydroxylation sites is 1. The van der Waals surface area contributed by atoms with Crippen LogP contribution in [0.5, 0.6) is 0 Å². The molecule has 2 atom stereocenters. The number of ether oxygens (including phenoxy) is 1. The van der Waals surface area contributed by atoms with Gasteiger partial charge in [-0.05, 0) is 26.0 Å². The Kier molecular flexibility index (Phi) is 1.53. The smallest absolute Gasteiger partial charge is 0.143 e. The Bertz CT molecular complexity index is 460. The maximum Gasteiger partial charge on any atom is 0.143 e. The van der Waals surface area contributed by atoms with Crippen molar-refractivity contribution in [1.82, 2.24) is 4.98 Å². The van der Waals surface area contributed by atoms with E-state index < -0.39 is 0 Å². The van der Waals surface area contributed by atoms with Crippen LogP contribution >= 0.6 is 11.3 Å². The van der Waals surface area contributed by atoms with Gasteiger partial charge in [0.1, 0.15) is 10.6 Å². The highest BCUT2D eigenvalue weighted by Gasteiger charge is 2.52. The Hall–Kier alpha value is -0.930. The van der Waals surface area contributed by atoms with Crippen molar-refractivity contribution in [2.24, 2.45) is 0 Å². The molecule has 0 radical (unpaired) electrons. The molecule has 1 fully saturated rings. The van der Waals surface area contributed by atoms with Crippen molar-refractivity contribution < 1.29 is 4.74 Å². The second kappa shape index (κ2) is 2.55. The Labute approximate surface area is 86.5 Å². The summed E-state index contributed by atoms with van der Waals surface area (Å²) in [6.07, 6.45) is 0.308. The molecule has 2 aromatic rings. The summed E-state index contributed by atoms with van der Waals surface area (Å²) < 4.78 is 6.81. The molecule has 72 valence electrons. The molecule has 1 saturated heterocycles. The lowest BCUT2D eigenvalue weighted by atomic mass is 10.1. The van der Waals surface area contributed by atoms with Crippen molar-refractivity contribution in [3.8, 4) is 0 Å². The molecule has 0 unspecified atom stereocenters. The molecule has 2 nitrogen and oxygen atoms in total. The molecule has 1 aromatic heterocycles. The van der Waals surface area contributed by atoms with Crippen molar-refractivity contribution in [3.63, 3.8) is 0 Å². The number of aromatic nitrogens is 1. The van der Waals surface area contributed by atoms with Gasteiger partial charge in [-0.25, -0.2) is 4.98 Å². The first kappa shape index (κ1) is 8.38. The lowest BCUT2D eigenvalue weighted by Gasteiger charge is -1.97. The number of fused-ring (bicyclic) bond motifs is 1. The van der Waals surface area contributed by atoms with Crippen molar-refractivity contribution in [3.05, 3.63) is 29.3 Å². The van der Waals surface area contributed by atoms with E-state index in [1.165, 1.54) is 4.70 Å². The number of hydrogen-bond donors (Lipinski definition) is 0. The van der Waals surface area contributed by atoms with Crippen molar-refractivity contribution >= 4 is 21.6 Å². The lowest BCUT2D eigenvalue weighted by Crippen LogP contribution is -2.04. The van der Waals surface area contributed by atoms with Gasteiger partial charge in [0.25, 0.3) is 0 Å². The fraction of sp³-hybridized carbons (Fsp3) is 0.364. The average molecular weight is 205 g/mol. The summed E-state index contributed by atoms with van der Waals surface area (Å²) in [6.45, 7) is 4.20. The second-order valence-corrected chi connectivity index (χ2v) is 4.88. The van der Waals surface area contributed by atoms with Crippen LogP contribution in [0.1, 0.15) is 18.9 Å². The molecule has 1 aliphatic heterocycles. The van der Waals surface area contributed by atoms with Gasteiger partial charge in [0, 0.05) is 0 Å². The van der Waals surface area contributed by atoms with E-state index in [0.717, 1.165) is 10.5 Å². The summed E-state index contributed by atoms with van der Waals surface area (Å²) in [5.74, 6) is 0. The molecule has 1 aromatic carbocycles. The largest absolute Gasteiger partial charge is 0.359 e. The zero-order chi connectivity index (χ0) is 9.76. The molecule has 0 bridgehead atoms. The molecule has 1 aliphatic rings. The van der Waals surface area contributed by atoms with Crippen LogP contribution in [0.2, 0.25) is 0 Å². The van der Waals surface area contributed by atoms with Crippen molar-refractivity contribution in [1.29, 1.82) is 0 Å². The molecule has 2 heterocycles. The third-order valence-electron chi connectivity index (χ3n) is 2.86. The van der Waals surface area contributed by atoms with Crippen LogP contribution < -0.4 is 0 Å². The van der Waals surface area contributed by atoms with E-state index in [1.54, 1.807) is 11.3 Å². The van der Waals surface area contributed by atoms with Crippen LogP contribution in [0.25, 0.3) is 10.2 Å². The van der Waals surface area contributed by atoms with Crippen LogP contribution in [0, 0.1) is 0 Å². The zero-order valence-electron chi connectivity index (χ0n) is 8.15. The monoisotopic (exact) mass is 205 g/mol. The molecule has 3 rings (SSSR count). The van der Waals surface area contributed by atoms with Crippen LogP contribution in [0.15, 0.2) is 24.3 Å². The topological polar surface area (TPSA) is 25.4 Å². The van der Waals surface area contributed by atoms with Crippen LogP contribution in [-0.2, 0) is 10.3 Å². The first-order valence-corrected chi connectivity index (χ1v) is 5.56. The predicted octanol–water partition coefficient (Wildman–Crippen LogP) is 2.93. The molecule has 0 spiro atoms. The van der Waals surface area contributed by atoms with Gasteiger partial charge in [0.15, 0.2) is 0 Å². The summed E-state index contributed by atoms with van der Waals surface area (Å²) in [7, 11) is 0. The SMILES string of the molecule is C[C@H]1O[C@]1(C)c1nc2ccccc2s1. The van der Waals surface area contributed by atoms with Gasteiger partial charge < -0.3 is 4.74 Å². The fourth-order valence-corrected chi connectivity index (χ4v) is 2.78. The summed E-state index contributed by atoms with van der Waals surface area (Å²) >= 11 is 1.73. The molecular formula is C11H11NOS. The number of hydrogen-bond acceptors (Lipinski definition) is 3. The highest BCUT2D eigenvalue weighted by molar-refractivity contribution is 7.18. The minimum atomic E-state index is -0.121. The van der Waals surface area contributed by atoms with E-state index >= 15 is 0 Å². The number of rotatable bonds is 1. The van der Waals surface area contributed by atoms with Gasteiger partial charge in [-0.3, -0.25) is 0 Å². The van der Waals surface area contributed by atoms with Crippen LogP contribution in [0.4, 0.5) is 0 Å². The second-order valence-electron chi connectivity index (χ2n) is 3.85. The maximum atomic E-state index is 5.57. The lowest BCUT2D eigenvalue weighted by molar-refractivity contribution is 0.316. The minimum Gasteiger partial charge on any atom is -0.359 e. The van der Waals surface area contributed by atoms with Gasteiger partial charge in [-0.15, -0.1) is 11.3 Å². The maximum absolute atomic E-state index is 5.57. The average Bonchev–Trinajstić information content (AvgIpc) is 2.66. The Balaban J connectivity index is 2.16. The number of epoxide rings is 1. The molecule has 0 N–H and O–H groups in total. The predicted molar refractivity (Wildman–Crippen MR) is 57.5 cm³/mol. The molecule has 0 aliphatic carbocycles. The van der Waals surface area contributed by atoms with Gasteiger partial charge in [0.2, 0.25) is 0 Å². The normalized spacial score (nSPS) is 30.9. The molecule has 3 heteroatoms. The third kappa shape index (κ3) is 1.03. The van der Waals surface area contributed by atoms with Gasteiger partial charge >= 0.3 is 0 Å². The fourth-order valence-electron chi connectivity index (χ4n) is 1.64. The third-order valence-corrected chi connectivity index (χ3v) is 4.11. The van der Waals surface area contributed by atoms with E-state index in [-0.39, 0.29) is 5.60 Å².